The minimum absolute atomic E-state index is 0.00470. The number of amides is 2. The van der Waals surface area contributed by atoms with Crippen LogP contribution in [0, 0.1) is 6.92 Å². The molecule has 8 heteroatoms. The van der Waals surface area contributed by atoms with Gasteiger partial charge in [-0.25, -0.2) is 4.79 Å². The SMILES string of the molecule is CCOC(=O)N1CCC(NC(=O)c2ccc(Nc3cccc(C)c3)nn2)CC1. The fourth-order valence-corrected chi connectivity index (χ4v) is 3.07. The number of anilines is 2. The molecule has 1 aromatic heterocycles. The molecule has 28 heavy (non-hydrogen) atoms. The van der Waals surface area contributed by atoms with Gasteiger partial charge in [-0.05, 0) is 56.5 Å². The first kappa shape index (κ1) is 19.6. The fourth-order valence-electron chi connectivity index (χ4n) is 3.07. The van der Waals surface area contributed by atoms with Crippen molar-refractivity contribution in [2.75, 3.05) is 25.0 Å². The molecular weight excluding hydrogens is 358 g/mol. The Morgan fingerprint density at radius 1 is 1.18 bits per heavy atom. The van der Waals surface area contributed by atoms with E-state index < -0.39 is 0 Å². The quantitative estimate of drug-likeness (QED) is 0.824. The summed E-state index contributed by atoms with van der Waals surface area (Å²) in [5, 5.41) is 14.2. The molecule has 0 radical (unpaired) electrons. The van der Waals surface area contributed by atoms with E-state index >= 15 is 0 Å². The maximum absolute atomic E-state index is 12.4. The van der Waals surface area contributed by atoms with Crippen molar-refractivity contribution in [3.63, 3.8) is 0 Å². The first-order valence-corrected chi connectivity index (χ1v) is 9.45. The third-order valence-corrected chi connectivity index (χ3v) is 4.54. The number of aryl methyl sites for hydroxylation is 1. The number of carbonyl (C=O) groups is 2. The maximum Gasteiger partial charge on any atom is 0.409 e. The van der Waals surface area contributed by atoms with Crippen molar-refractivity contribution in [3.8, 4) is 0 Å². The van der Waals surface area contributed by atoms with E-state index in [0.717, 1.165) is 11.3 Å². The van der Waals surface area contributed by atoms with Crippen molar-refractivity contribution in [3.05, 3.63) is 47.7 Å². The van der Waals surface area contributed by atoms with Gasteiger partial charge in [-0.2, -0.15) is 0 Å². The first-order valence-electron chi connectivity index (χ1n) is 9.45. The molecular formula is C20H25N5O3. The lowest BCUT2D eigenvalue weighted by molar-refractivity contribution is 0.0856. The van der Waals surface area contributed by atoms with Crippen molar-refractivity contribution in [2.24, 2.45) is 0 Å². The third kappa shape index (κ3) is 5.18. The number of piperidine rings is 1. The Balaban J connectivity index is 1.50. The van der Waals surface area contributed by atoms with Crippen LogP contribution in [0.3, 0.4) is 0 Å². The van der Waals surface area contributed by atoms with Crippen LogP contribution < -0.4 is 10.6 Å². The van der Waals surface area contributed by atoms with E-state index in [4.69, 9.17) is 4.74 Å². The van der Waals surface area contributed by atoms with Crippen molar-refractivity contribution in [2.45, 2.75) is 32.7 Å². The standard InChI is InChI=1S/C20H25N5O3/c1-3-28-20(27)25-11-9-15(10-12-25)22-19(26)17-7-8-18(24-23-17)21-16-6-4-5-14(2)13-16/h4-8,13,15H,3,9-12H2,1-2H3,(H,21,24)(H,22,26). The summed E-state index contributed by atoms with van der Waals surface area (Å²) in [4.78, 5) is 25.8. The van der Waals surface area contributed by atoms with Gasteiger partial charge in [0, 0.05) is 24.8 Å². The van der Waals surface area contributed by atoms with Crippen molar-refractivity contribution in [1.29, 1.82) is 0 Å². The zero-order valence-electron chi connectivity index (χ0n) is 16.1. The van der Waals surface area contributed by atoms with E-state index in [1.54, 1.807) is 24.0 Å². The molecule has 0 unspecified atom stereocenters. The van der Waals surface area contributed by atoms with Gasteiger partial charge < -0.3 is 20.3 Å². The smallest absolute Gasteiger partial charge is 0.409 e. The number of ether oxygens (including phenoxy) is 1. The Morgan fingerprint density at radius 2 is 1.96 bits per heavy atom. The summed E-state index contributed by atoms with van der Waals surface area (Å²) in [5.74, 6) is 0.314. The van der Waals surface area contributed by atoms with Crippen LogP contribution in [-0.2, 0) is 4.74 Å². The zero-order valence-corrected chi connectivity index (χ0v) is 16.1. The number of rotatable bonds is 5. The molecule has 0 saturated carbocycles. The number of likely N-dealkylation sites (tertiary alicyclic amines) is 1. The number of nitrogens with zero attached hydrogens (tertiary/aromatic N) is 3. The lowest BCUT2D eigenvalue weighted by Crippen LogP contribution is -2.46. The molecule has 148 valence electrons. The number of nitrogens with one attached hydrogen (secondary N) is 2. The molecule has 2 N–H and O–H groups in total. The zero-order chi connectivity index (χ0) is 19.9. The average molecular weight is 383 g/mol. The van der Waals surface area contributed by atoms with Gasteiger partial charge in [0.1, 0.15) is 0 Å². The number of aromatic nitrogens is 2. The highest BCUT2D eigenvalue weighted by atomic mass is 16.6. The maximum atomic E-state index is 12.4. The molecule has 2 amide bonds. The Morgan fingerprint density at radius 3 is 2.61 bits per heavy atom. The second-order valence-corrected chi connectivity index (χ2v) is 6.73. The molecule has 0 bridgehead atoms. The number of hydrogen-bond donors (Lipinski definition) is 2. The van der Waals surface area contributed by atoms with Gasteiger partial charge >= 0.3 is 6.09 Å². The van der Waals surface area contributed by atoms with Gasteiger partial charge in [0.15, 0.2) is 11.5 Å². The Bertz CT molecular complexity index is 817. The van der Waals surface area contributed by atoms with Crippen LogP contribution in [0.15, 0.2) is 36.4 Å². The topological polar surface area (TPSA) is 96.5 Å². The summed E-state index contributed by atoms with van der Waals surface area (Å²) < 4.78 is 5.00. The van der Waals surface area contributed by atoms with Gasteiger partial charge in [0.25, 0.3) is 5.91 Å². The predicted octanol–water partition coefficient (Wildman–Crippen LogP) is 2.88. The van der Waals surface area contributed by atoms with Gasteiger partial charge in [-0.3, -0.25) is 4.79 Å². The Kier molecular flexibility index (Phi) is 6.41. The minimum Gasteiger partial charge on any atom is -0.450 e. The van der Waals surface area contributed by atoms with Crippen LogP contribution >= 0.6 is 0 Å². The highest BCUT2D eigenvalue weighted by Crippen LogP contribution is 2.16. The Hall–Kier alpha value is -3.16. The van der Waals surface area contributed by atoms with E-state index in [-0.39, 0.29) is 23.7 Å². The summed E-state index contributed by atoms with van der Waals surface area (Å²) in [6.07, 6.45) is 1.07. The van der Waals surface area contributed by atoms with Crippen LogP contribution in [0.1, 0.15) is 35.8 Å². The molecule has 2 aromatic rings. The van der Waals surface area contributed by atoms with Gasteiger partial charge in [0.05, 0.1) is 6.61 Å². The molecule has 1 fully saturated rings. The molecule has 1 aliphatic rings. The average Bonchev–Trinajstić information content (AvgIpc) is 2.69. The van der Waals surface area contributed by atoms with Crippen molar-refractivity contribution in [1.82, 2.24) is 20.4 Å². The molecule has 0 spiro atoms. The molecule has 1 aromatic carbocycles. The number of carbonyl (C=O) groups excluding carboxylic acids is 2. The highest BCUT2D eigenvalue weighted by Gasteiger charge is 2.25. The minimum atomic E-state index is -0.296. The van der Waals surface area contributed by atoms with Gasteiger partial charge in [-0.1, -0.05) is 12.1 Å². The molecule has 2 heterocycles. The molecule has 1 aliphatic heterocycles. The first-order chi connectivity index (χ1) is 13.5. The Labute approximate surface area is 164 Å². The van der Waals surface area contributed by atoms with E-state index in [1.807, 2.05) is 31.2 Å². The highest BCUT2D eigenvalue weighted by molar-refractivity contribution is 5.92. The molecule has 0 atom stereocenters. The largest absolute Gasteiger partial charge is 0.450 e. The van der Waals surface area contributed by atoms with Crippen LogP contribution in [0.2, 0.25) is 0 Å². The lowest BCUT2D eigenvalue weighted by Gasteiger charge is -2.31. The van der Waals surface area contributed by atoms with Crippen LogP contribution in [0.5, 0.6) is 0 Å². The van der Waals surface area contributed by atoms with E-state index in [1.165, 1.54) is 0 Å². The van der Waals surface area contributed by atoms with Gasteiger partial charge in [-0.15, -0.1) is 10.2 Å². The van der Waals surface area contributed by atoms with E-state index in [0.29, 0.717) is 38.4 Å². The molecule has 1 saturated heterocycles. The predicted molar refractivity (Wildman–Crippen MR) is 106 cm³/mol. The van der Waals surface area contributed by atoms with Gasteiger partial charge in [0.2, 0.25) is 0 Å². The summed E-state index contributed by atoms with van der Waals surface area (Å²) >= 11 is 0. The van der Waals surface area contributed by atoms with Crippen LogP contribution in [-0.4, -0.2) is 52.8 Å². The number of hydrogen-bond acceptors (Lipinski definition) is 6. The lowest BCUT2D eigenvalue weighted by atomic mass is 10.1. The molecule has 0 aliphatic carbocycles. The van der Waals surface area contributed by atoms with E-state index in [2.05, 4.69) is 20.8 Å². The van der Waals surface area contributed by atoms with Crippen molar-refractivity contribution < 1.29 is 14.3 Å². The second kappa shape index (κ2) is 9.16. The normalized spacial score (nSPS) is 14.4. The molecule has 8 nitrogen and oxygen atoms in total. The number of benzene rings is 1. The summed E-state index contributed by atoms with van der Waals surface area (Å²) in [7, 11) is 0. The fraction of sp³-hybridized carbons (Fsp3) is 0.400. The summed E-state index contributed by atoms with van der Waals surface area (Å²) in [6.45, 7) is 5.29. The van der Waals surface area contributed by atoms with E-state index in [9.17, 15) is 9.59 Å². The summed E-state index contributed by atoms with van der Waals surface area (Å²) in [6, 6.07) is 11.3. The summed E-state index contributed by atoms with van der Waals surface area (Å²) in [5.41, 5.74) is 2.32. The molecule has 3 rings (SSSR count). The van der Waals surface area contributed by atoms with Crippen LogP contribution in [0.4, 0.5) is 16.3 Å². The third-order valence-electron chi connectivity index (χ3n) is 4.54. The van der Waals surface area contributed by atoms with Crippen LogP contribution in [0.25, 0.3) is 0 Å². The van der Waals surface area contributed by atoms with Crippen molar-refractivity contribution >= 4 is 23.5 Å². The monoisotopic (exact) mass is 383 g/mol. The second-order valence-electron chi connectivity index (χ2n) is 6.73.